The van der Waals surface area contributed by atoms with Gasteiger partial charge in [0.05, 0.1) is 5.69 Å². The molecule has 0 bridgehead atoms. The van der Waals surface area contributed by atoms with Gasteiger partial charge in [-0.15, -0.1) is 0 Å². The second kappa shape index (κ2) is 8.06. The molecule has 0 fully saturated rings. The van der Waals surface area contributed by atoms with Gasteiger partial charge in [0.1, 0.15) is 11.5 Å². The van der Waals surface area contributed by atoms with E-state index in [1.54, 1.807) is 0 Å². The van der Waals surface area contributed by atoms with Gasteiger partial charge in [0.25, 0.3) is 0 Å². The minimum atomic E-state index is 0.125. The number of benzene rings is 1. The number of carbonyl (C=O) groups is 1. The maximum atomic E-state index is 12.6. The Morgan fingerprint density at radius 3 is 3.04 bits per heavy atom. The number of aromatic nitrogens is 3. The Balaban J connectivity index is 1.28. The van der Waals surface area contributed by atoms with Gasteiger partial charge in [-0.3, -0.25) is 9.69 Å². The molecule has 0 saturated carbocycles. The average molecular weight is 400 g/mol. The number of hydrogen-bond donors (Lipinski definition) is 1. The third kappa shape index (κ3) is 4.04. The zero-order valence-electron chi connectivity index (χ0n) is 15.7. The first-order chi connectivity index (χ1) is 13.6. The van der Waals surface area contributed by atoms with E-state index in [2.05, 4.69) is 15.6 Å². The molecule has 7 nitrogen and oxygen atoms in total. The predicted molar refractivity (Wildman–Crippen MR) is 109 cm³/mol. The summed E-state index contributed by atoms with van der Waals surface area (Å²) in [5.41, 5.74) is 2.56. The fourth-order valence-corrected chi connectivity index (χ4v) is 3.58. The molecule has 0 aliphatic carbocycles. The molecule has 1 N–H and O–H groups in total. The average Bonchev–Trinajstić information content (AvgIpc) is 3.30. The largest absolute Gasteiger partial charge is 0.354 e. The van der Waals surface area contributed by atoms with Crippen LogP contribution < -0.4 is 10.2 Å². The van der Waals surface area contributed by atoms with Crippen LogP contribution in [0, 0.1) is 6.92 Å². The minimum Gasteiger partial charge on any atom is -0.354 e. The lowest BCUT2D eigenvalue weighted by Crippen LogP contribution is -2.37. The van der Waals surface area contributed by atoms with Crippen molar-refractivity contribution in [2.24, 2.45) is 0 Å². The molecule has 1 aliphatic rings. The van der Waals surface area contributed by atoms with E-state index in [4.69, 9.17) is 16.1 Å². The number of rotatable bonds is 6. The summed E-state index contributed by atoms with van der Waals surface area (Å²) in [6.45, 7) is 4.20. The molecule has 2 aromatic heterocycles. The zero-order chi connectivity index (χ0) is 19.5. The number of anilines is 2. The molecule has 8 heteroatoms. The van der Waals surface area contributed by atoms with Crippen molar-refractivity contribution in [2.45, 2.75) is 32.7 Å². The van der Waals surface area contributed by atoms with Gasteiger partial charge in [-0.1, -0.05) is 28.9 Å². The Labute approximate surface area is 168 Å². The van der Waals surface area contributed by atoms with Gasteiger partial charge < -0.3 is 9.84 Å². The Morgan fingerprint density at radius 2 is 2.18 bits per heavy atom. The summed E-state index contributed by atoms with van der Waals surface area (Å²) in [5, 5.41) is 12.3. The Morgan fingerprint density at radius 1 is 1.29 bits per heavy atom. The summed E-state index contributed by atoms with van der Waals surface area (Å²) < 4.78 is 7.24. The van der Waals surface area contributed by atoms with E-state index in [1.807, 2.05) is 52.9 Å². The number of aryl methyl sites for hydroxylation is 2. The van der Waals surface area contributed by atoms with Crippen molar-refractivity contribution < 1.29 is 9.32 Å². The molecule has 1 aliphatic heterocycles. The molecule has 3 aromatic rings. The van der Waals surface area contributed by atoms with Crippen LogP contribution in [0.4, 0.5) is 11.7 Å². The monoisotopic (exact) mass is 399 g/mol. The topological polar surface area (TPSA) is 76.2 Å². The van der Waals surface area contributed by atoms with Crippen molar-refractivity contribution in [1.82, 2.24) is 14.9 Å². The lowest BCUT2D eigenvalue weighted by molar-refractivity contribution is -0.118. The smallest absolute Gasteiger partial charge is 0.228 e. The van der Waals surface area contributed by atoms with Gasteiger partial charge in [0.15, 0.2) is 0 Å². The lowest BCUT2D eigenvalue weighted by Gasteiger charge is -2.27. The molecule has 146 valence electrons. The Kier molecular flexibility index (Phi) is 5.34. The number of nitrogens with zero attached hydrogens (tertiary/aromatic N) is 4. The summed E-state index contributed by atoms with van der Waals surface area (Å²) in [7, 11) is 0. The molecule has 0 atom stereocenters. The van der Waals surface area contributed by atoms with Gasteiger partial charge in [-0.05, 0) is 31.9 Å². The van der Waals surface area contributed by atoms with Gasteiger partial charge in [0.2, 0.25) is 11.8 Å². The zero-order valence-corrected chi connectivity index (χ0v) is 16.4. The second-order valence-corrected chi connectivity index (χ2v) is 7.32. The molecule has 0 saturated heterocycles. The fourth-order valence-electron chi connectivity index (χ4n) is 3.39. The first-order valence-corrected chi connectivity index (χ1v) is 9.79. The maximum Gasteiger partial charge on any atom is 0.228 e. The van der Waals surface area contributed by atoms with Crippen LogP contribution in [0.2, 0.25) is 5.02 Å². The lowest BCUT2D eigenvalue weighted by atomic mass is 10.1. The van der Waals surface area contributed by atoms with Crippen LogP contribution in [0.15, 0.2) is 40.9 Å². The molecular weight excluding hydrogens is 378 g/mol. The van der Waals surface area contributed by atoms with Crippen LogP contribution in [0.1, 0.15) is 25.0 Å². The molecule has 4 rings (SSSR count). The van der Waals surface area contributed by atoms with Crippen LogP contribution >= 0.6 is 11.6 Å². The summed E-state index contributed by atoms with van der Waals surface area (Å²) in [5.74, 6) is 1.61. The maximum absolute atomic E-state index is 12.6. The fraction of sp³-hybridized carbons (Fsp3) is 0.350. The number of carbonyl (C=O) groups excluding carboxylic acids is 1. The van der Waals surface area contributed by atoms with E-state index in [9.17, 15) is 4.79 Å². The van der Waals surface area contributed by atoms with E-state index < -0.39 is 0 Å². The van der Waals surface area contributed by atoms with E-state index in [1.165, 1.54) is 0 Å². The molecule has 28 heavy (non-hydrogen) atoms. The summed E-state index contributed by atoms with van der Waals surface area (Å²) >= 11 is 6.02. The summed E-state index contributed by atoms with van der Waals surface area (Å²) in [6.07, 6.45) is 2.10. The van der Waals surface area contributed by atoms with Crippen LogP contribution in [0.25, 0.3) is 11.3 Å². The van der Waals surface area contributed by atoms with Gasteiger partial charge in [-0.25, -0.2) is 4.68 Å². The molecule has 1 amide bonds. The van der Waals surface area contributed by atoms with E-state index in [0.29, 0.717) is 30.3 Å². The van der Waals surface area contributed by atoms with Crippen LogP contribution in [0.5, 0.6) is 0 Å². The van der Waals surface area contributed by atoms with E-state index >= 15 is 0 Å². The van der Waals surface area contributed by atoms with Crippen molar-refractivity contribution in [3.8, 4) is 11.3 Å². The first-order valence-electron chi connectivity index (χ1n) is 9.41. The highest BCUT2D eigenvalue weighted by Crippen LogP contribution is 2.25. The van der Waals surface area contributed by atoms with Crippen molar-refractivity contribution in [2.75, 3.05) is 23.3 Å². The molecule has 3 heterocycles. The van der Waals surface area contributed by atoms with Gasteiger partial charge in [-0.2, -0.15) is 5.10 Å². The van der Waals surface area contributed by atoms with Crippen molar-refractivity contribution >= 4 is 29.2 Å². The summed E-state index contributed by atoms with van der Waals surface area (Å²) in [6, 6.07) is 11.3. The quantitative estimate of drug-likeness (QED) is 0.631. The van der Waals surface area contributed by atoms with Crippen LogP contribution in [-0.2, 0) is 11.3 Å². The summed E-state index contributed by atoms with van der Waals surface area (Å²) in [4.78, 5) is 14.5. The SMILES string of the molecule is Cc1cc2n(n1)CCCN2C(=O)CCCNc1cc(-c2cccc(Cl)c2)no1. The molecule has 1 aromatic carbocycles. The van der Waals surface area contributed by atoms with Crippen LogP contribution in [-0.4, -0.2) is 33.9 Å². The Hall–Kier alpha value is -2.80. The minimum absolute atomic E-state index is 0.125. The number of amides is 1. The molecule has 0 unspecified atom stereocenters. The van der Waals surface area contributed by atoms with Gasteiger partial charge >= 0.3 is 0 Å². The highest BCUT2D eigenvalue weighted by Gasteiger charge is 2.23. The van der Waals surface area contributed by atoms with Crippen molar-refractivity contribution in [1.29, 1.82) is 0 Å². The van der Waals surface area contributed by atoms with Crippen molar-refractivity contribution in [3.05, 3.63) is 47.1 Å². The number of nitrogens with one attached hydrogen (secondary N) is 1. The normalized spacial score (nSPS) is 13.4. The highest BCUT2D eigenvalue weighted by atomic mass is 35.5. The molecule has 0 spiro atoms. The number of fused-ring (bicyclic) bond motifs is 1. The third-order valence-corrected chi connectivity index (χ3v) is 4.94. The van der Waals surface area contributed by atoms with E-state index in [-0.39, 0.29) is 5.91 Å². The molecular formula is C20H22ClN5O2. The third-order valence-electron chi connectivity index (χ3n) is 4.71. The first kappa shape index (κ1) is 18.6. The Bertz CT molecular complexity index is 981. The van der Waals surface area contributed by atoms with E-state index in [0.717, 1.165) is 42.3 Å². The number of hydrogen-bond acceptors (Lipinski definition) is 5. The highest BCUT2D eigenvalue weighted by molar-refractivity contribution is 6.30. The van der Waals surface area contributed by atoms with Crippen LogP contribution in [0.3, 0.4) is 0 Å². The number of halogens is 1. The molecule has 0 radical (unpaired) electrons. The standard InChI is InChI=1S/C20H22ClN5O2/c1-14-11-19-25(9-4-10-26(19)23-14)20(27)7-3-8-22-18-13-17(24-28-18)15-5-2-6-16(21)12-15/h2,5-6,11-13,22H,3-4,7-10H2,1H3. The second-order valence-electron chi connectivity index (χ2n) is 6.88. The predicted octanol–water partition coefficient (Wildman–Crippen LogP) is 4.13. The van der Waals surface area contributed by atoms with Gasteiger partial charge in [0, 0.05) is 48.8 Å². The van der Waals surface area contributed by atoms with Crippen molar-refractivity contribution in [3.63, 3.8) is 0 Å².